The molecule has 3 aromatic rings. The maximum atomic E-state index is 12.8. The number of anilines is 1. The maximum Gasteiger partial charge on any atom is 0.252 e. The van der Waals surface area contributed by atoms with Gasteiger partial charge in [-0.3, -0.25) is 9.59 Å². The fourth-order valence-corrected chi connectivity index (χ4v) is 3.88. The molecule has 2 aromatic carbocycles. The molecule has 8 heteroatoms. The first kappa shape index (κ1) is 18.8. The van der Waals surface area contributed by atoms with Gasteiger partial charge in [-0.05, 0) is 41.8 Å². The van der Waals surface area contributed by atoms with Crippen molar-refractivity contribution >= 4 is 32.5 Å². The van der Waals surface area contributed by atoms with Crippen LogP contribution in [-0.4, -0.2) is 30.7 Å². The van der Waals surface area contributed by atoms with E-state index in [1.807, 2.05) is 18.2 Å². The van der Waals surface area contributed by atoms with Crippen LogP contribution in [0.15, 0.2) is 64.3 Å². The molecule has 0 bridgehead atoms. The summed E-state index contributed by atoms with van der Waals surface area (Å²) in [5, 5.41) is 3.42. The molecule has 0 unspecified atom stereocenters. The average molecular weight is 385 g/mol. The normalized spacial score (nSPS) is 11.7. The number of pyridine rings is 1. The fourth-order valence-electron chi connectivity index (χ4n) is 2.73. The molecule has 0 aliphatic rings. The SMILES string of the molecule is CC(=O)Nc1ccc(S(=O)(=O)N(C)Cc2cc3ccccc3[nH]c2=O)cc1. The van der Waals surface area contributed by atoms with Gasteiger partial charge in [-0.15, -0.1) is 0 Å². The van der Waals surface area contributed by atoms with Gasteiger partial charge < -0.3 is 10.3 Å². The zero-order valence-electron chi connectivity index (χ0n) is 14.9. The molecule has 1 aromatic heterocycles. The second-order valence-electron chi connectivity index (χ2n) is 6.18. The highest BCUT2D eigenvalue weighted by Crippen LogP contribution is 2.19. The van der Waals surface area contributed by atoms with Crippen molar-refractivity contribution in [2.24, 2.45) is 0 Å². The topological polar surface area (TPSA) is 99.3 Å². The summed E-state index contributed by atoms with van der Waals surface area (Å²) in [5.41, 5.74) is 1.24. The predicted octanol–water partition coefficient (Wildman–Crippen LogP) is 2.31. The number of benzene rings is 2. The Morgan fingerprint density at radius 3 is 2.44 bits per heavy atom. The summed E-state index contributed by atoms with van der Waals surface area (Å²) < 4.78 is 26.7. The van der Waals surface area contributed by atoms with Crippen molar-refractivity contribution in [3.63, 3.8) is 0 Å². The summed E-state index contributed by atoms with van der Waals surface area (Å²) in [4.78, 5) is 26.2. The highest BCUT2D eigenvalue weighted by atomic mass is 32.2. The van der Waals surface area contributed by atoms with Crippen molar-refractivity contribution in [3.8, 4) is 0 Å². The minimum atomic E-state index is -3.78. The summed E-state index contributed by atoms with van der Waals surface area (Å²) in [6.07, 6.45) is 0. The van der Waals surface area contributed by atoms with Crippen molar-refractivity contribution in [2.45, 2.75) is 18.4 Å². The Morgan fingerprint density at radius 2 is 1.78 bits per heavy atom. The van der Waals surface area contributed by atoms with Gasteiger partial charge >= 0.3 is 0 Å². The van der Waals surface area contributed by atoms with Gasteiger partial charge in [0.15, 0.2) is 0 Å². The van der Waals surface area contributed by atoms with E-state index in [-0.39, 0.29) is 22.9 Å². The number of fused-ring (bicyclic) bond motifs is 1. The van der Waals surface area contributed by atoms with Gasteiger partial charge in [-0.25, -0.2) is 8.42 Å². The summed E-state index contributed by atoms with van der Waals surface area (Å²) >= 11 is 0. The highest BCUT2D eigenvalue weighted by molar-refractivity contribution is 7.89. The zero-order chi connectivity index (χ0) is 19.6. The summed E-state index contributed by atoms with van der Waals surface area (Å²) in [6, 6.07) is 14.9. The number of sulfonamides is 1. The van der Waals surface area contributed by atoms with Crippen LogP contribution >= 0.6 is 0 Å². The Balaban J connectivity index is 1.86. The van der Waals surface area contributed by atoms with Crippen LogP contribution in [-0.2, 0) is 21.4 Å². The molecule has 0 aliphatic carbocycles. The molecule has 0 saturated carbocycles. The third-order valence-corrected chi connectivity index (χ3v) is 5.92. The lowest BCUT2D eigenvalue weighted by atomic mass is 10.1. The molecule has 3 rings (SSSR count). The van der Waals surface area contributed by atoms with Crippen molar-refractivity contribution in [1.29, 1.82) is 0 Å². The van der Waals surface area contributed by atoms with E-state index in [0.29, 0.717) is 16.8 Å². The second-order valence-corrected chi connectivity index (χ2v) is 8.22. The van der Waals surface area contributed by atoms with E-state index in [4.69, 9.17) is 0 Å². The standard InChI is InChI=1S/C19H19N3O4S/c1-13(23)20-16-7-9-17(10-8-16)27(25,26)22(2)12-15-11-14-5-3-4-6-18(14)21-19(15)24/h3-11H,12H2,1-2H3,(H,20,23)(H,21,24). The van der Waals surface area contributed by atoms with E-state index < -0.39 is 10.0 Å². The van der Waals surface area contributed by atoms with Gasteiger partial charge in [0, 0.05) is 37.3 Å². The molecule has 2 N–H and O–H groups in total. The van der Waals surface area contributed by atoms with E-state index in [1.54, 1.807) is 12.1 Å². The average Bonchev–Trinajstić information content (AvgIpc) is 2.62. The van der Waals surface area contributed by atoms with E-state index in [2.05, 4.69) is 10.3 Å². The van der Waals surface area contributed by atoms with Crippen molar-refractivity contribution in [3.05, 3.63) is 70.5 Å². The number of hydrogen-bond acceptors (Lipinski definition) is 4. The number of carbonyl (C=O) groups is 1. The molecule has 0 fully saturated rings. The monoisotopic (exact) mass is 385 g/mol. The number of nitrogens with one attached hydrogen (secondary N) is 2. The van der Waals surface area contributed by atoms with Crippen LogP contribution in [0.25, 0.3) is 10.9 Å². The zero-order valence-corrected chi connectivity index (χ0v) is 15.7. The second kappa shape index (κ2) is 7.34. The van der Waals surface area contributed by atoms with Crippen LogP contribution in [0.2, 0.25) is 0 Å². The van der Waals surface area contributed by atoms with Crippen LogP contribution in [0, 0.1) is 0 Å². The van der Waals surface area contributed by atoms with Crippen LogP contribution in [0.1, 0.15) is 12.5 Å². The number of para-hydroxylation sites is 1. The van der Waals surface area contributed by atoms with Gasteiger partial charge in [0.1, 0.15) is 0 Å². The van der Waals surface area contributed by atoms with Crippen molar-refractivity contribution in [1.82, 2.24) is 9.29 Å². The van der Waals surface area contributed by atoms with E-state index >= 15 is 0 Å². The number of amides is 1. The Labute approximate surface area is 156 Å². The predicted molar refractivity (Wildman–Crippen MR) is 104 cm³/mol. The Kier molecular flexibility index (Phi) is 5.11. The van der Waals surface area contributed by atoms with Gasteiger partial charge in [0.25, 0.3) is 5.56 Å². The molecular weight excluding hydrogens is 366 g/mol. The Hall–Kier alpha value is -2.97. The Morgan fingerprint density at radius 1 is 1.11 bits per heavy atom. The van der Waals surface area contributed by atoms with Crippen LogP contribution in [0.3, 0.4) is 0 Å². The molecule has 0 saturated heterocycles. The molecule has 7 nitrogen and oxygen atoms in total. The van der Waals surface area contributed by atoms with Crippen LogP contribution in [0.5, 0.6) is 0 Å². The smallest absolute Gasteiger partial charge is 0.252 e. The molecule has 1 heterocycles. The maximum absolute atomic E-state index is 12.8. The van der Waals surface area contributed by atoms with Crippen molar-refractivity contribution in [2.75, 3.05) is 12.4 Å². The minimum Gasteiger partial charge on any atom is -0.326 e. The first-order valence-electron chi connectivity index (χ1n) is 8.22. The number of H-pyrrole nitrogens is 1. The van der Waals surface area contributed by atoms with Crippen molar-refractivity contribution < 1.29 is 13.2 Å². The van der Waals surface area contributed by atoms with Gasteiger partial charge in [0.2, 0.25) is 15.9 Å². The highest BCUT2D eigenvalue weighted by Gasteiger charge is 2.22. The minimum absolute atomic E-state index is 0.0596. The summed E-state index contributed by atoms with van der Waals surface area (Å²) in [6.45, 7) is 1.31. The fraction of sp³-hybridized carbons (Fsp3) is 0.158. The number of aromatic amines is 1. The van der Waals surface area contributed by atoms with E-state index in [0.717, 1.165) is 9.69 Å². The molecule has 27 heavy (non-hydrogen) atoms. The number of rotatable bonds is 5. The molecule has 0 aliphatic heterocycles. The number of aromatic nitrogens is 1. The van der Waals surface area contributed by atoms with Gasteiger partial charge in [-0.1, -0.05) is 18.2 Å². The first-order chi connectivity index (χ1) is 12.8. The third-order valence-electron chi connectivity index (χ3n) is 4.11. The molecule has 0 radical (unpaired) electrons. The molecule has 0 spiro atoms. The largest absolute Gasteiger partial charge is 0.326 e. The molecule has 0 atom stereocenters. The van der Waals surface area contributed by atoms with Crippen LogP contribution < -0.4 is 10.9 Å². The van der Waals surface area contributed by atoms with Gasteiger partial charge in [0.05, 0.1) is 4.90 Å². The van der Waals surface area contributed by atoms with E-state index in [1.165, 1.54) is 38.2 Å². The summed E-state index contributed by atoms with van der Waals surface area (Å²) in [5.74, 6) is -0.238. The lowest BCUT2D eigenvalue weighted by Gasteiger charge is -2.17. The molecular formula is C19H19N3O4S. The lowest BCUT2D eigenvalue weighted by Crippen LogP contribution is -2.29. The number of carbonyl (C=O) groups excluding carboxylic acids is 1. The van der Waals surface area contributed by atoms with Gasteiger partial charge in [-0.2, -0.15) is 4.31 Å². The third kappa shape index (κ3) is 4.07. The summed E-state index contributed by atoms with van der Waals surface area (Å²) in [7, 11) is -2.36. The quantitative estimate of drug-likeness (QED) is 0.704. The Bertz CT molecular complexity index is 1150. The first-order valence-corrected chi connectivity index (χ1v) is 9.66. The number of hydrogen-bond donors (Lipinski definition) is 2. The number of nitrogens with zero attached hydrogens (tertiary/aromatic N) is 1. The molecule has 1 amide bonds. The molecule has 140 valence electrons. The van der Waals surface area contributed by atoms with E-state index in [9.17, 15) is 18.0 Å². The van der Waals surface area contributed by atoms with Crippen LogP contribution in [0.4, 0.5) is 5.69 Å². The lowest BCUT2D eigenvalue weighted by molar-refractivity contribution is -0.114.